The van der Waals surface area contributed by atoms with Crippen LogP contribution >= 0.6 is 39.0 Å². The first-order valence-corrected chi connectivity index (χ1v) is 14.0. The molecule has 4 aliphatic rings. The van der Waals surface area contributed by atoms with Crippen molar-refractivity contribution in [3.63, 3.8) is 0 Å². The number of likely N-dealkylation sites (tertiary alicyclic amines) is 1. The molecule has 5 atom stereocenters. The molecule has 0 radical (unpaired) electrons. The zero-order valence-corrected chi connectivity index (χ0v) is 20.7. The minimum absolute atomic E-state index is 0.0372. The van der Waals surface area contributed by atoms with Crippen molar-refractivity contribution in [1.29, 1.82) is 0 Å². The molecule has 1 aromatic heterocycles. The number of carbonyl (C=O) groups excluding carboxylic acids is 1. The van der Waals surface area contributed by atoms with Crippen LogP contribution in [0.5, 0.6) is 0 Å². The Kier molecular flexibility index (Phi) is 5.35. The Labute approximate surface area is 199 Å². The van der Waals surface area contributed by atoms with Gasteiger partial charge in [0.05, 0.1) is 5.03 Å². The van der Waals surface area contributed by atoms with E-state index in [0.29, 0.717) is 11.2 Å². The first-order chi connectivity index (χ1) is 15.1. The molecule has 31 heavy (non-hydrogen) atoms. The Bertz CT molecular complexity index is 1070. The van der Waals surface area contributed by atoms with Gasteiger partial charge in [-0.1, -0.05) is 39.4 Å². The highest BCUT2D eigenvalue weighted by molar-refractivity contribution is 9.10. The lowest BCUT2D eigenvalue weighted by atomic mass is 9.75. The van der Waals surface area contributed by atoms with Crippen LogP contribution in [0.1, 0.15) is 54.9 Å². The highest BCUT2D eigenvalue weighted by atomic mass is 79.9. The van der Waals surface area contributed by atoms with Gasteiger partial charge in [0, 0.05) is 33.6 Å². The van der Waals surface area contributed by atoms with Crippen molar-refractivity contribution in [2.24, 2.45) is 17.8 Å². The van der Waals surface area contributed by atoms with Crippen LogP contribution in [-0.2, 0) is 11.3 Å². The summed E-state index contributed by atoms with van der Waals surface area (Å²) in [6.07, 6.45) is 7.34. The molecule has 6 rings (SSSR count). The summed E-state index contributed by atoms with van der Waals surface area (Å²) in [5.74, 6) is 2.51. The predicted octanol–water partition coefficient (Wildman–Crippen LogP) is 5.34. The Morgan fingerprint density at radius 2 is 1.94 bits per heavy atom. The maximum absolute atomic E-state index is 13.2. The maximum Gasteiger partial charge on any atom is 0.308 e. The molecule has 1 aromatic carbocycles. The van der Waals surface area contributed by atoms with Crippen molar-refractivity contribution < 1.29 is 4.79 Å². The zero-order valence-electron chi connectivity index (χ0n) is 17.5. The second kappa shape index (κ2) is 8.07. The summed E-state index contributed by atoms with van der Waals surface area (Å²) in [5, 5.41) is 1.65. The van der Waals surface area contributed by atoms with E-state index in [-0.39, 0.29) is 23.2 Å². The minimum atomic E-state index is 0.0372. The molecule has 7 heteroatoms. The van der Waals surface area contributed by atoms with Crippen LogP contribution in [0.3, 0.4) is 0 Å². The first kappa shape index (κ1) is 20.5. The van der Waals surface area contributed by atoms with Gasteiger partial charge in [-0.25, -0.2) is 0 Å². The third-order valence-corrected chi connectivity index (χ3v) is 11.2. The molecule has 1 amide bonds. The summed E-state index contributed by atoms with van der Waals surface area (Å²) in [6.45, 7) is 1.87. The molecule has 1 saturated heterocycles. The summed E-state index contributed by atoms with van der Waals surface area (Å²) < 4.78 is 2.91. The largest absolute Gasteiger partial charge is 0.341 e. The molecule has 2 aliphatic carbocycles. The molecule has 4 unspecified atom stereocenters. The highest BCUT2D eigenvalue weighted by Crippen LogP contribution is 2.64. The number of carbonyl (C=O) groups is 1. The van der Waals surface area contributed by atoms with E-state index in [0.717, 1.165) is 47.3 Å². The number of rotatable bonds is 3. The molecule has 0 N–H and O–H groups in total. The van der Waals surface area contributed by atoms with Crippen molar-refractivity contribution in [2.45, 2.75) is 61.3 Å². The van der Waals surface area contributed by atoms with E-state index in [1.807, 2.05) is 21.2 Å². The van der Waals surface area contributed by atoms with Crippen LogP contribution in [-0.4, -0.2) is 33.7 Å². The smallest absolute Gasteiger partial charge is 0.308 e. The van der Waals surface area contributed by atoms with Crippen LogP contribution in [0, 0.1) is 17.8 Å². The Hall–Kier alpha value is -1.05. The number of benzene rings is 1. The second-order valence-electron chi connectivity index (χ2n) is 9.59. The molecule has 4 nitrogen and oxygen atoms in total. The Morgan fingerprint density at radius 1 is 1.13 bits per heavy atom. The van der Waals surface area contributed by atoms with E-state index < -0.39 is 0 Å². The van der Waals surface area contributed by atoms with E-state index in [1.165, 1.54) is 47.5 Å². The highest BCUT2D eigenvalue weighted by Gasteiger charge is 2.55. The van der Waals surface area contributed by atoms with Crippen molar-refractivity contribution in [3.8, 4) is 0 Å². The average molecular weight is 520 g/mol. The lowest BCUT2D eigenvalue weighted by molar-refractivity contribution is -0.132. The van der Waals surface area contributed by atoms with Gasteiger partial charge in [-0.05, 0) is 74.0 Å². The SMILES string of the molecule is O=C(Cn1c2c(sc1=O)[C@H](c1cccc(Br)c1)C1C3CCC(C3)C1S2)N1CCCCC1. The van der Waals surface area contributed by atoms with Crippen LogP contribution in [0.2, 0.25) is 0 Å². The fourth-order valence-corrected chi connectivity index (χ4v) is 10.1. The van der Waals surface area contributed by atoms with E-state index in [1.54, 1.807) is 0 Å². The molecule has 2 saturated carbocycles. The predicted molar refractivity (Wildman–Crippen MR) is 129 cm³/mol. The van der Waals surface area contributed by atoms with Crippen molar-refractivity contribution in [3.05, 3.63) is 48.8 Å². The van der Waals surface area contributed by atoms with Gasteiger partial charge >= 0.3 is 4.87 Å². The van der Waals surface area contributed by atoms with Gasteiger partial charge in [0.2, 0.25) is 5.91 Å². The number of thioether (sulfide) groups is 1. The number of halogens is 1. The zero-order chi connectivity index (χ0) is 21.1. The van der Waals surface area contributed by atoms with Crippen molar-refractivity contribution in [1.82, 2.24) is 9.47 Å². The minimum Gasteiger partial charge on any atom is -0.341 e. The quantitative estimate of drug-likeness (QED) is 0.550. The van der Waals surface area contributed by atoms with Crippen molar-refractivity contribution in [2.75, 3.05) is 13.1 Å². The van der Waals surface area contributed by atoms with Gasteiger partial charge < -0.3 is 4.90 Å². The van der Waals surface area contributed by atoms with Crippen LogP contribution in [0.4, 0.5) is 0 Å². The second-order valence-corrected chi connectivity index (χ2v) is 12.7. The third kappa shape index (κ3) is 3.46. The Balaban J connectivity index is 1.41. The fourth-order valence-electron chi connectivity index (χ4n) is 6.54. The fraction of sp³-hybridized carbons (Fsp3) is 0.583. The lowest BCUT2D eigenvalue weighted by Gasteiger charge is -2.40. The molecular weight excluding hydrogens is 492 g/mol. The standard InChI is InChI=1S/C24H27BrN2O2S2/c25-17-6-4-5-14(12-17)20-19-15-7-8-16(11-15)21(19)30-23-22(20)31-24(29)27(23)13-18(28)26-9-2-1-3-10-26/h4-6,12,15-16,19-21H,1-3,7-11,13H2/t15?,16?,19?,20-,21?/m1/s1. The molecule has 3 fully saturated rings. The number of hydrogen-bond acceptors (Lipinski definition) is 4. The number of fused-ring (bicyclic) bond motifs is 6. The van der Waals surface area contributed by atoms with E-state index >= 15 is 0 Å². The number of thiazole rings is 1. The molecule has 2 aromatic rings. The van der Waals surface area contributed by atoms with Crippen LogP contribution < -0.4 is 4.87 Å². The molecule has 164 valence electrons. The van der Waals surface area contributed by atoms with Crippen LogP contribution in [0.15, 0.2) is 38.6 Å². The molecule has 3 heterocycles. The van der Waals surface area contributed by atoms with Gasteiger partial charge in [0.25, 0.3) is 0 Å². The normalized spacial score (nSPS) is 31.5. The monoisotopic (exact) mass is 518 g/mol. The van der Waals surface area contributed by atoms with Gasteiger partial charge in [-0.3, -0.25) is 14.2 Å². The molecule has 0 spiro atoms. The van der Waals surface area contributed by atoms with Crippen LogP contribution in [0.25, 0.3) is 0 Å². The molecule has 2 aliphatic heterocycles. The van der Waals surface area contributed by atoms with Gasteiger partial charge in [0.15, 0.2) is 0 Å². The number of hydrogen-bond donors (Lipinski definition) is 0. The molecular formula is C24H27BrN2O2S2. The number of aromatic nitrogens is 1. The maximum atomic E-state index is 13.2. The van der Waals surface area contributed by atoms with E-state index in [4.69, 9.17) is 0 Å². The Morgan fingerprint density at radius 3 is 2.74 bits per heavy atom. The summed E-state index contributed by atoms with van der Waals surface area (Å²) in [4.78, 5) is 29.4. The number of nitrogens with zero attached hydrogens (tertiary/aromatic N) is 2. The van der Waals surface area contributed by atoms with E-state index in [9.17, 15) is 9.59 Å². The third-order valence-electron chi connectivity index (χ3n) is 7.90. The van der Waals surface area contributed by atoms with Gasteiger partial charge in [-0.2, -0.15) is 0 Å². The summed E-state index contributed by atoms with van der Waals surface area (Å²) >= 11 is 6.97. The molecule has 2 bridgehead atoms. The first-order valence-electron chi connectivity index (χ1n) is 11.5. The summed E-state index contributed by atoms with van der Waals surface area (Å²) in [5.41, 5.74) is 1.31. The van der Waals surface area contributed by atoms with Gasteiger partial charge in [0.1, 0.15) is 6.54 Å². The lowest BCUT2D eigenvalue weighted by Crippen LogP contribution is -2.39. The van der Waals surface area contributed by atoms with E-state index in [2.05, 4.69) is 40.2 Å². The van der Waals surface area contributed by atoms with Gasteiger partial charge in [-0.15, -0.1) is 11.8 Å². The van der Waals surface area contributed by atoms with Crippen molar-refractivity contribution >= 4 is 44.9 Å². The topological polar surface area (TPSA) is 42.3 Å². The summed E-state index contributed by atoms with van der Waals surface area (Å²) in [7, 11) is 0. The number of amides is 1. The number of piperidine rings is 1. The summed E-state index contributed by atoms with van der Waals surface area (Å²) in [6, 6.07) is 8.65. The average Bonchev–Trinajstić information content (AvgIpc) is 3.47.